The molecule has 0 spiro atoms. The van der Waals surface area contributed by atoms with E-state index in [1.165, 1.54) is 0 Å². The molecule has 0 fully saturated rings. The first-order valence-electron chi connectivity index (χ1n) is 10.5. The number of aromatic amines is 1. The van der Waals surface area contributed by atoms with E-state index < -0.39 is 5.97 Å². The summed E-state index contributed by atoms with van der Waals surface area (Å²) in [5.74, 6) is 1.29. The number of imidazole rings is 1. The van der Waals surface area contributed by atoms with Gasteiger partial charge in [0, 0.05) is 11.1 Å². The van der Waals surface area contributed by atoms with Crippen molar-refractivity contribution in [3.63, 3.8) is 0 Å². The van der Waals surface area contributed by atoms with Gasteiger partial charge in [-0.2, -0.15) is 0 Å². The summed E-state index contributed by atoms with van der Waals surface area (Å²) in [6.07, 6.45) is 0. The SMILES string of the molecule is O=C(Oc1ccc(-c2nc3ccccc3o2)cc1)c1ccc(-c2nc3ccccc3[nH]2)cc1. The second-order valence-electron chi connectivity index (χ2n) is 7.58. The highest BCUT2D eigenvalue weighted by Gasteiger charge is 2.12. The first-order chi connectivity index (χ1) is 16.2. The molecule has 0 saturated heterocycles. The summed E-state index contributed by atoms with van der Waals surface area (Å²) < 4.78 is 11.3. The number of carbonyl (C=O) groups excluding carboxylic acids is 1. The second kappa shape index (κ2) is 7.76. The van der Waals surface area contributed by atoms with E-state index >= 15 is 0 Å². The zero-order valence-electron chi connectivity index (χ0n) is 17.4. The van der Waals surface area contributed by atoms with Crippen LogP contribution in [0.1, 0.15) is 10.4 Å². The third kappa shape index (κ3) is 3.64. The van der Waals surface area contributed by atoms with Crippen molar-refractivity contribution in [2.75, 3.05) is 0 Å². The van der Waals surface area contributed by atoms with Gasteiger partial charge in [-0.15, -0.1) is 0 Å². The van der Waals surface area contributed by atoms with Crippen LogP contribution in [0.15, 0.2) is 101 Å². The van der Waals surface area contributed by atoms with Gasteiger partial charge in [0.15, 0.2) is 5.58 Å². The van der Waals surface area contributed by atoms with Crippen LogP contribution in [0, 0.1) is 0 Å². The zero-order chi connectivity index (χ0) is 22.2. The molecule has 33 heavy (non-hydrogen) atoms. The number of rotatable bonds is 4. The van der Waals surface area contributed by atoms with E-state index in [1.54, 1.807) is 24.3 Å². The minimum absolute atomic E-state index is 0.430. The van der Waals surface area contributed by atoms with E-state index in [9.17, 15) is 4.79 Å². The summed E-state index contributed by atoms with van der Waals surface area (Å²) in [5.41, 5.74) is 5.56. The quantitative estimate of drug-likeness (QED) is 0.263. The fraction of sp³-hybridized carbons (Fsp3) is 0. The Hall–Kier alpha value is -4.71. The lowest BCUT2D eigenvalue weighted by molar-refractivity contribution is 0.0735. The standard InChI is InChI=1S/C27H17N3O3/c31-27(19-11-9-17(10-12-19)25-28-21-5-1-2-6-22(21)29-25)32-20-15-13-18(14-16-20)26-30-23-7-3-4-8-24(23)33-26/h1-16H,(H,28,29). The molecule has 6 heteroatoms. The second-order valence-corrected chi connectivity index (χ2v) is 7.58. The lowest BCUT2D eigenvalue weighted by Crippen LogP contribution is -2.08. The van der Waals surface area contributed by atoms with E-state index in [2.05, 4.69) is 15.0 Å². The summed E-state index contributed by atoms with van der Waals surface area (Å²) in [4.78, 5) is 25.0. The molecule has 158 valence electrons. The fourth-order valence-corrected chi connectivity index (χ4v) is 3.68. The lowest BCUT2D eigenvalue weighted by atomic mass is 10.1. The molecule has 6 aromatic rings. The maximum atomic E-state index is 12.6. The Kier molecular flexibility index (Phi) is 4.47. The number of carbonyl (C=O) groups is 1. The van der Waals surface area contributed by atoms with Crippen LogP contribution < -0.4 is 4.74 Å². The molecule has 0 aliphatic heterocycles. The Balaban J connectivity index is 1.17. The number of fused-ring (bicyclic) bond motifs is 2. The number of esters is 1. The minimum Gasteiger partial charge on any atom is -0.436 e. The first-order valence-corrected chi connectivity index (χ1v) is 10.5. The fourth-order valence-electron chi connectivity index (χ4n) is 3.68. The van der Waals surface area contributed by atoms with Gasteiger partial charge in [-0.25, -0.2) is 14.8 Å². The van der Waals surface area contributed by atoms with Gasteiger partial charge in [-0.1, -0.05) is 36.4 Å². The first kappa shape index (κ1) is 19.0. The molecule has 6 nitrogen and oxygen atoms in total. The van der Waals surface area contributed by atoms with Crippen LogP contribution in [0.4, 0.5) is 0 Å². The van der Waals surface area contributed by atoms with Crippen LogP contribution >= 0.6 is 0 Å². The Morgan fingerprint density at radius 3 is 2.18 bits per heavy atom. The molecule has 2 heterocycles. The van der Waals surface area contributed by atoms with Crippen LogP contribution in [-0.4, -0.2) is 20.9 Å². The predicted octanol–water partition coefficient (Wildman–Crippen LogP) is 6.26. The summed E-state index contributed by atoms with van der Waals surface area (Å²) in [6.45, 7) is 0. The van der Waals surface area contributed by atoms with Gasteiger partial charge in [0.1, 0.15) is 17.1 Å². The summed E-state index contributed by atoms with van der Waals surface area (Å²) >= 11 is 0. The van der Waals surface area contributed by atoms with Crippen LogP contribution in [0.25, 0.3) is 45.0 Å². The van der Waals surface area contributed by atoms with Crippen molar-refractivity contribution >= 4 is 28.1 Å². The molecular weight excluding hydrogens is 414 g/mol. The molecule has 2 aromatic heterocycles. The van der Waals surface area contributed by atoms with E-state index in [1.807, 2.05) is 72.8 Å². The Morgan fingerprint density at radius 1 is 0.727 bits per heavy atom. The highest BCUT2D eigenvalue weighted by molar-refractivity contribution is 5.91. The molecule has 0 unspecified atom stereocenters. The van der Waals surface area contributed by atoms with Crippen LogP contribution in [0.3, 0.4) is 0 Å². The predicted molar refractivity (Wildman–Crippen MR) is 126 cm³/mol. The maximum Gasteiger partial charge on any atom is 0.343 e. The molecular formula is C27H17N3O3. The Bertz CT molecular complexity index is 1530. The van der Waals surface area contributed by atoms with Crippen molar-refractivity contribution in [3.8, 4) is 28.6 Å². The van der Waals surface area contributed by atoms with Gasteiger partial charge in [-0.3, -0.25) is 0 Å². The summed E-state index contributed by atoms with van der Waals surface area (Å²) in [7, 11) is 0. The van der Waals surface area contributed by atoms with Crippen molar-refractivity contribution in [2.24, 2.45) is 0 Å². The molecule has 4 aromatic carbocycles. The highest BCUT2D eigenvalue weighted by atomic mass is 16.5. The number of benzene rings is 4. The summed E-state index contributed by atoms with van der Waals surface area (Å²) in [5, 5.41) is 0. The highest BCUT2D eigenvalue weighted by Crippen LogP contribution is 2.26. The van der Waals surface area contributed by atoms with E-state index in [0.717, 1.165) is 39.1 Å². The van der Waals surface area contributed by atoms with Gasteiger partial charge in [0.05, 0.1) is 16.6 Å². The molecule has 0 atom stereocenters. The lowest BCUT2D eigenvalue weighted by Gasteiger charge is -2.05. The molecule has 0 radical (unpaired) electrons. The number of hydrogen-bond donors (Lipinski definition) is 1. The number of nitrogens with one attached hydrogen (secondary N) is 1. The van der Waals surface area contributed by atoms with Gasteiger partial charge >= 0.3 is 5.97 Å². The summed E-state index contributed by atoms with van der Waals surface area (Å²) in [6, 6.07) is 29.7. The average Bonchev–Trinajstić information content (AvgIpc) is 3.49. The normalized spacial score (nSPS) is 11.2. The van der Waals surface area contributed by atoms with Crippen LogP contribution in [0.5, 0.6) is 5.75 Å². The molecule has 1 N–H and O–H groups in total. The smallest absolute Gasteiger partial charge is 0.343 e. The monoisotopic (exact) mass is 431 g/mol. The molecule has 0 saturated carbocycles. The third-order valence-corrected chi connectivity index (χ3v) is 5.39. The van der Waals surface area contributed by atoms with Gasteiger partial charge < -0.3 is 14.1 Å². The van der Waals surface area contributed by atoms with E-state index in [-0.39, 0.29) is 0 Å². The minimum atomic E-state index is -0.430. The number of para-hydroxylation sites is 4. The maximum absolute atomic E-state index is 12.6. The van der Waals surface area contributed by atoms with Crippen molar-refractivity contribution in [2.45, 2.75) is 0 Å². The van der Waals surface area contributed by atoms with Crippen molar-refractivity contribution in [3.05, 3.63) is 103 Å². The number of oxazole rings is 1. The van der Waals surface area contributed by atoms with Crippen LogP contribution in [-0.2, 0) is 0 Å². The largest absolute Gasteiger partial charge is 0.436 e. The number of nitrogens with zero attached hydrogens (tertiary/aromatic N) is 2. The van der Waals surface area contributed by atoms with Crippen molar-refractivity contribution in [1.29, 1.82) is 0 Å². The van der Waals surface area contributed by atoms with Gasteiger partial charge in [-0.05, 0) is 60.7 Å². The van der Waals surface area contributed by atoms with E-state index in [0.29, 0.717) is 17.2 Å². The van der Waals surface area contributed by atoms with E-state index in [4.69, 9.17) is 9.15 Å². The molecule has 0 aliphatic carbocycles. The van der Waals surface area contributed by atoms with Crippen molar-refractivity contribution in [1.82, 2.24) is 15.0 Å². The molecule has 0 amide bonds. The van der Waals surface area contributed by atoms with Crippen molar-refractivity contribution < 1.29 is 13.9 Å². The number of hydrogen-bond acceptors (Lipinski definition) is 5. The molecule has 0 aliphatic rings. The number of ether oxygens (including phenoxy) is 1. The average molecular weight is 431 g/mol. The number of aromatic nitrogens is 3. The third-order valence-electron chi connectivity index (χ3n) is 5.39. The Morgan fingerprint density at radius 2 is 1.42 bits per heavy atom. The van der Waals surface area contributed by atoms with Gasteiger partial charge in [0.2, 0.25) is 5.89 Å². The molecule has 0 bridgehead atoms. The molecule has 6 rings (SSSR count). The Labute approximate surface area is 188 Å². The topological polar surface area (TPSA) is 81.0 Å². The number of H-pyrrole nitrogens is 1. The van der Waals surface area contributed by atoms with Crippen LogP contribution in [0.2, 0.25) is 0 Å². The zero-order valence-corrected chi connectivity index (χ0v) is 17.4. The van der Waals surface area contributed by atoms with Gasteiger partial charge in [0.25, 0.3) is 0 Å².